The number of benzene rings is 1. The minimum Gasteiger partial charge on any atom is -0.478 e. The van der Waals surface area contributed by atoms with Gasteiger partial charge in [-0.05, 0) is 24.3 Å². The Morgan fingerprint density at radius 2 is 2.00 bits per heavy atom. The van der Waals surface area contributed by atoms with Crippen LogP contribution in [0.1, 0.15) is 10.4 Å². The highest BCUT2D eigenvalue weighted by atomic mass is 16.4. The Hall–Kier alpha value is -2.63. The van der Waals surface area contributed by atoms with E-state index in [2.05, 4.69) is 10.3 Å². The Bertz CT molecular complexity index is 632. The number of aryl methyl sites for hydroxylation is 1. The largest absolute Gasteiger partial charge is 0.478 e. The fraction of sp³-hybridized carbons (Fsp3) is 0.0833. The van der Waals surface area contributed by atoms with E-state index in [-0.39, 0.29) is 16.9 Å². The van der Waals surface area contributed by atoms with Crippen LogP contribution in [0.4, 0.5) is 11.5 Å². The smallest absolute Gasteiger partial charge is 0.335 e. The minimum absolute atomic E-state index is 0.189. The predicted octanol–water partition coefficient (Wildman–Crippen LogP) is 1.22. The number of hydrogen-bond donors (Lipinski definition) is 2. The van der Waals surface area contributed by atoms with Crippen molar-refractivity contribution in [3.63, 3.8) is 0 Å². The van der Waals surface area contributed by atoms with Crippen LogP contribution in [0.5, 0.6) is 0 Å². The summed E-state index contributed by atoms with van der Waals surface area (Å²) < 4.78 is 1.40. The fourth-order valence-corrected chi connectivity index (χ4v) is 1.42. The van der Waals surface area contributed by atoms with Gasteiger partial charge in [-0.15, -0.1) is 0 Å². The standard InChI is InChI=1S/C12H11N3O3/c1-15-7-6-13-10(11(15)16)14-9-4-2-8(3-5-9)12(17)18/h2-7H,1H3,(H,13,14)(H,17,18). The number of carbonyl (C=O) groups is 1. The van der Waals surface area contributed by atoms with E-state index in [1.807, 2.05) is 0 Å². The fourth-order valence-electron chi connectivity index (χ4n) is 1.42. The van der Waals surface area contributed by atoms with Crippen molar-refractivity contribution in [3.8, 4) is 0 Å². The van der Waals surface area contributed by atoms with Crippen molar-refractivity contribution in [2.75, 3.05) is 5.32 Å². The van der Waals surface area contributed by atoms with Crippen LogP contribution in [0.2, 0.25) is 0 Å². The summed E-state index contributed by atoms with van der Waals surface area (Å²) in [5.41, 5.74) is 0.546. The predicted molar refractivity (Wildman–Crippen MR) is 66.2 cm³/mol. The summed E-state index contributed by atoms with van der Waals surface area (Å²) in [5.74, 6) is -0.793. The molecule has 2 aromatic rings. The number of aromatic carboxylic acids is 1. The van der Waals surface area contributed by atoms with Crippen LogP contribution in [0, 0.1) is 0 Å². The van der Waals surface area contributed by atoms with Crippen molar-refractivity contribution in [2.24, 2.45) is 7.05 Å². The molecule has 2 rings (SSSR count). The summed E-state index contributed by atoms with van der Waals surface area (Å²) in [6, 6.07) is 6.07. The average Bonchev–Trinajstić information content (AvgIpc) is 2.36. The summed E-state index contributed by atoms with van der Waals surface area (Å²) in [7, 11) is 1.63. The van der Waals surface area contributed by atoms with Gasteiger partial charge in [0.05, 0.1) is 5.56 Å². The van der Waals surface area contributed by atoms with E-state index in [9.17, 15) is 9.59 Å². The molecule has 0 fully saturated rings. The lowest BCUT2D eigenvalue weighted by Gasteiger charge is -2.06. The third-order valence-corrected chi connectivity index (χ3v) is 2.41. The molecule has 0 spiro atoms. The summed E-state index contributed by atoms with van der Waals surface area (Å²) in [5, 5.41) is 11.6. The van der Waals surface area contributed by atoms with E-state index in [1.54, 1.807) is 25.4 Å². The van der Waals surface area contributed by atoms with Crippen LogP contribution < -0.4 is 10.9 Å². The van der Waals surface area contributed by atoms with Crippen LogP contribution in [0.3, 0.4) is 0 Å². The monoisotopic (exact) mass is 245 g/mol. The van der Waals surface area contributed by atoms with Gasteiger partial charge in [-0.1, -0.05) is 0 Å². The molecule has 92 valence electrons. The van der Waals surface area contributed by atoms with Crippen molar-refractivity contribution in [2.45, 2.75) is 0 Å². The van der Waals surface area contributed by atoms with Crippen LogP contribution in [-0.4, -0.2) is 20.6 Å². The number of anilines is 2. The van der Waals surface area contributed by atoms with Gasteiger partial charge in [0.1, 0.15) is 0 Å². The highest BCUT2D eigenvalue weighted by Gasteiger charge is 2.04. The number of aromatic nitrogens is 2. The number of nitrogens with one attached hydrogen (secondary N) is 1. The topological polar surface area (TPSA) is 84.2 Å². The Morgan fingerprint density at radius 3 is 2.61 bits per heavy atom. The maximum atomic E-state index is 11.7. The molecule has 1 heterocycles. The number of rotatable bonds is 3. The second-order valence-electron chi connectivity index (χ2n) is 3.70. The first-order valence-electron chi connectivity index (χ1n) is 5.20. The van der Waals surface area contributed by atoms with Crippen LogP contribution in [0.25, 0.3) is 0 Å². The number of carboxylic acid groups (broad SMARTS) is 1. The molecule has 0 aliphatic heterocycles. The van der Waals surface area contributed by atoms with E-state index in [0.29, 0.717) is 5.69 Å². The van der Waals surface area contributed by atoms with E-state index in [0.717, 1.165) is 0 Å². The Labute approximate surface area is 103 Å². The summed E-state index contributed by atoms with van der Waals surface area (Å²) in [6.45, 7) is 0. The molecule has 0 amide bonds. The zero-order valence-corrected chi connectivity index (χ0v) is 9.62. The van der Waals surface area contributed by atoms with Crippen LogP contribution in [0.15, 0.2) is 41.5 Å². The Kier molecular flexibility index (Phi) is 3.09. The molecule has 0 saturated carbocycles. The molecule has 0 saturated heterocycles. The lowest BCUT2D eigenvalue weighted by molar-refractivity contribution is 0.0697. The molecular formula is C12H11N3O3. The van der Waals surface area contributed by atoms with Crippen molar-refractivity contribution in [1.82, 2.24) is 9.55 Å². The molecule has 0 aliphatic rings. The highest BCUT2D eigenvalue weighted by Crippen LogP contribution is 2.12. The Morgan fingerprint density at radius 1 is 1.33 bits per heavy atom. The second-order valence-corrected chi connectivity index (χ2v) is 3.70. The van der Waals surface area contributed by atoms with E-state index in [1.165, 1.54) is 22.9 Å². The molecule has 1 aromatic carbocycles. The van der Waals surface area contributed by atoms with Gasteiger partial charge >= 0.3 is 5.97 Å². The highest BCUT2D eigenvalue weighted by molar-refractivity contribution is 5.88. The lowest BCUT2D eigenvalue weighted by Crippen LogP contribution is -2.20. The first kappa shape index (κ1) is 11.8. The molecule has 1 aromatic heterocycles. The molecule has 18 heavy (non-hydrogen) atoms. The molecule has 0 unspecified atom stereocenters. The van der Waals surface area contributed by atoms with Gasteiger partial charge in [-0.3, -0.25) is 4.79 Å². The van der Waals surface area contributed by atoms with Crippen molar-refractivity contribution >= 4 is 17.5 Å². The average molecular weight is 245 g/mol. The third-order valence-electron chi connectivity index (χ3n) is 2.41. The van der Waals surface area contributed by atoms with Crippen molar-refractivity contribution in [1.29, 1.82) is 0 Å². The van der Waals surface area contributed by atoms with Gasteiger partial charge in [-0.2, -0.15) is 0 Å². The zero-order valence-electron chi connectivity index (χ0n) is 9.62. The van der Waals surface area contributed by atoms with Gasteiger partial charge in [0.25, 0.3) is 5.56 Å². The molecule has 6 nitrogen and oxygen atoms in total. The van der Waals surface area contributed by atoms with E-state index in [4.69, 9.17) is 5.11 Å². The molecule has 0 atom stereocenters. The second kappa shape index (κ2) is 4.70. The molecule has 0 radical (unpaired) electrons. The maximum absolute atomic E-state index is 11.7. The van der Waals surface area contributed by atoms with Gasteiger partial charge in [0.15, 0.2) is 5.82 Å². The molecule has 0 bridgehead atoms. The normalized spacial score (nSPS) is 10.1. The van der Waals surface area contributed by atoms with Crippen LogP contribution >= 0.6 is 0 Å². The van der Waals surface area contributed by atoms with Crippen molar-refractivity contribution in [3.05, 3.63) is 52.6 Å². The third kappa shape index (κ3) is 2.37. The molecule has 6 heteroatoms. The van der Waals surface area contributed by atoms with Gasteiger partial charge in [0, 0.05) is 25.1 Å². The SMILES string of the molecule is Cn1ccnc(Nc2ccc(C(=O)O)cc2)c1=O. The quantitative estimate of drug-likeness (QED) is 0.849. The zero-order chi connectivity index (χ0) is 13.1. The van der Waals surface area contributed by atoms with E-state index < -0.39 is 5.97 Å². The number of carboxylic acids is 1. The minimum atomic E-state index is -0.990. The van der Waals surface area contributed by atoms with Gasteiger partial charge in [0.2, 0.25) is 0 Å². The number of nitrogens with zero attached hydrogens (tertiary/aromatic N) is 2. The number of hydrogen-bond acceptors (Lipinski definition) is 4. The molecular weight excluding hydrogens is 234 g/mol. The summed E-state index contributed by atoms with van der Waals surface area (Å²) in [6.07, 6.45) is 3.07. The van der Waals surface area contributed by atoms with Crippen LogP contribution in [-0.2, 0) is 7.05 Å². The molecule has 2 N–H and O–H groups in total. The maximum Gasteiger partial charge on any atom is 0.335 e. The summed E-state index contributed by atoms with van der Waals surface area (Å²) in [4.78, 5) is 26.3. The Balaban J connectivity index is 2.26. The van der Waals surface area contributed by atoms with Gasteiger partial charge < -0.3 is 15.0 Å². The lowest BCUT2D eigenvalue weighted by atomic mass is 10.2. The first-order chi connectivity index (χ1) is 8.58. The van der Waals surface area contributed by atoms with Gasteiger partial charge in [-0.25, -0.2) is 9.78 Å². The van der Waals surface area contributed by atoms with E-state index >= 15 is 0 Å². The summed E-state index contributed by atoms with van der Waals surface area (Å²) >= 11 is 0. The van der Waals surface area contributed by atoms with Crippen molar-refractivity contribution < 1.29 is 9.90 Å². The first-order valence-corrected chi connectivity index (χ1v) is 5.20. The molecule has 0 aliphatic carbocycles.